The third-order valence-electron chi connectivity index (χ3n) is 3.42. The number of nitriles is 1. The summed E-state index contributed by atoms with van der Waals surface area (Å²) in [5, 5.41) is 18.0. The largest absolute Gasteiger partial charge is 0.497 e. The van der Waals surface area contributed by atoms with Gasteiger partial charge in [0.25, 0.3) is 0 Å². The Morgan fingerprint density at radius 1 is 1.63 bits per heavy atom. The summed E-state index contributed by atoms with van der Waals surface area (Å²) in [5.41, 5.74) is 1.42. The summed E-state index contributed by atoms with van der Waals surface area (Å²) in [7, 11) is 1.59. The molecule has 19 heavy (non-hydrogen) atoms. The van der Waals surface area contributed by atoms with Gasteiger partial charge in [0.1, 0.15) is 11.8 Å². The minimum atomic E-state index is -0.766. The molecule has 2 rings (SSSR count). The number of carboxylic acids is 1. The number of aliphatic carboxylic acids is 1. The second-order valence-corrected chi connectivity index (χ2v) is 4.69. The summed E-state index contributed by atoms with van der Waals surface area (Å²) >= 11 is 0. The lowest BCUT2D eigenvalue weighted by Gasteiger charge is -2.20. The van der Waals surface area contributed by atoms with Gasteiger partial charge in [0.15, 0.2) is 0 Å². The summed E-state index contributed by atoms with van der Waals surface area (Å²) in [6.07, 6.45) is 1.02. The Hall–Kier alpha value is -2.22. The molecule has 1 aliphatic heterocycles. The van der Waals surface area contributed by atoms with E-state index < -0.39 is 5.97 Å². The van der Waals surface area contributed by atoms with Crippen molar-refractivity contribution in [2.45, 2.75) is 12.8 Å². The molecule has 0 radical (unpaired) electrons. The first-order chi connectivity index (χ1) is 9.13. The predicted octanol–water partition coefficient (Wildman–Crippen LogP) is 1.87. The fraction of sp³-hybridized carbons (Fsp3) is 0.429. The van der Waals surface area contributed by atoms with Crippen molar-refractivity contribution in [1.29, 1.82) is 5.26 Å². The molecule has 1 unspecified atom stereocenters. The van der Waals surface area contributed by atoms with Gasteiger partial charge in [0, 0.05) is 25.6 Å². The Morgan fingerprint density at radius 2 is 2.42 bits per heavy atom. The lowest BCUT2D eigenvalue weighted by atomic mass is 10.1. The number of rotatable bonds is 4. The molecule has 1 saturated heterocycles. The van der Waals surface area contributed by atoms with Crippen LogP contribution in [0.4, 0.5) is 5.69 Å². The van der Waals surface area contributed by atoms with E-state index in [1.54, 1.807) is 19.2 Å². The highest BCUT2D eigenvalue weighted by Crippen LogP contribution is 2.31. The van der Waals surface area contributed by atoms with Crippen LogP contribution in [0.5, 0.6) is 5.75 Å². The molecule has 1 aromatic carbocycles. The van der Waals surface area contributed by atoms with E-state index in [1.165, 1.54) is 0 Å². The van der Waals surface area contributed by atoms with Crippen molar-refractivity contribution < 1.29 is 14.6 Å². The van der Waals surface area contributed by atoms with Crippen LogP contribution in [-0.2, 0) is 4.79 Å². The molecule has 0 spiro atoms. The molecule has 0 aromatic heterocycles. The van der Waals surface area contributed by atoms with Crippen LogP contribution in [0.2, 0.25) is 0 Å². The zero-order valence-corrected chi connectivity index (χ0v) is 10.8. The molecule has 1 N–H and O–H groups in total. The van der Waals surface area contributed by atoms with E-state index in [4.69, 9.17) is 15.1 Å². The highest BCUT2D eigenvalue weighted by molar-refractivity contribution is 5.68. The Labute approximate surface area is 112 Å². The van der Waals surface area contributed by atoms with Gasteiger partial charge >= 0.3 is 5.97 Å². The van der Waals surface area contributed by atoms with E-state index in [0.29, 0.717) is 17.9 Å². The monoisotopic (exact) mass is 260 g/mol. The van der Waals surface area contributed by atoms with Gasteiger partial charge in [-0.2, -0.15) is 5.26 Å². The molecule has 1 aliphatic rings. The van der Waals surface area contributed by atoms with Crippen LogP contribution in [0.1, 0.15) is 18.4 Å². The Morgan fingerprint density at radius 3 is 3.05 bits per heavy atom. The van der Waals surface area contributed by atoms with Crippen molar-refractivity contribution in [3.8, 4) is 11.8 Å². The van der Waals surface area contributed by atoms with E-state index in [1.807, 2.05) is 6.07 Å². The zero-order chi connectivity index (χ0) is 13.8. The Balaban J connectivity index is 2.18. The molecule has 5 heteroatoms. The smallest absolute Gasteiger partial charge is 0.303 e. The first-order valence-electron chi connectivity index (χ1n) is 6.19. The number of hydrogen-bond acceptors (Lipinski definition) is 4. The van der Waals surface area contributed by atoms with Gasteiger partial charge in [-0.05, 0) is 24.5 Å². The highest BCUT2D eigenvalue weighted by atomic mass is 16.5. The van der Waals surface area contributed by atoms with Crippen LogP contribution >= 0.6 is 0 Å². The van der Waals surface area contributed by atoms with Gasteiger partial charge in [-0.3, -0.25) is 4.79 Å². The minimum Gasteiger partial charge on any atom is -0.497 e. The molecule has 0 aliphatic carbocycles. The number of carbonyl (C=O) groups is 1. The average Bonchev–Trinajstić information content (AvgIpc) is 2.85. The molecule has 5 nitrogen and oxygen atoms in total. The standard InChI is InChI=1S/C14H16N2O3/c1-19-12-3-2-11(8-15)13(7-12)16-5-4-10(9-16)6-14(17)18/h2-3,7,10H,4-6,9H2,1H3,(H,17,18). The van der Waals surface area contributed by atoms with Crippen molar-refractivity contribution in [2.24, 2.45) is 5.92 Å². The first kappa shape index (κ1) is 13.2. The van der Waals surface area contributed by atoms with E-state index in [-0.39, 0.29) is 12.3 Å². The number of carboxylic acid groups (broad SMARTS) is 1. The number of methoxy groups -OCH3 is 1. The Bertz CT molecular complexity index is 522. The number of anilines is 1. The topological polar surface area (TPSA) is 73.6 Å². The molecule has 0 saturated carbocycles. The van der Waals surface area contributed by atoms with Crippen molar-refractivity contribution in [3.05, 3.63) is 23.8 Å². The van der Waals surface area contributed by atoms with Crippen molar-refractivity contribution in [3.63, 3.8) is 0 Å². The number of nitrogens with zero attached hydrogens (tertiary/aromatic N) is 2. The van der Waals surface area contributed by atoms with Crippen LogP contribution in [0.25, 0.3) is 0 Å². The van der Waals surface area contributed by atoms with Gasteiger partial charge < -0.3 is 14.7 Å². The van der Waals surface area contributed by atoms with Crippen molar-refractivity contribution >= 4 is 11.7 Å². The predicted molar refractivity (Wildman–Crippen MR) is 70.3 cm³/mol. The summed E-state index contributed by atoms with van der Waals surface area (Å²) in [6.45, 7) is 1.45. The summed E-state index contributed by atoms with van der Waals surface area (Å²) < 4.78 is 5.18. The molecule has 1 fully saturated rings. The second kappa shape index (κ2) is 5.61. The molecule has 0 amide bonds. The van der Waals surface area contributed by atoms with Crippen LogP contribution in [0, 0.1) is 17.2 Å². The van der Waals surface area contributed by atoms with Crippen molar-refractivity contribution in [2.75, 3.05) is 25.1 Å². The second-order valence-electron chi connectivity index (χ2n) is 4.69. The summed E-state index contributed by atoms with van der Waals surface area (Å²) in [5.74, 6) is 0.0870. The third-order valence-corrected chi connectivity index (χ3v) is 3.42. The molecular weight excluding hydrogens is 244 g/mol. The maximum atomic E-state index is 10.7. The zero-order valence-electron chi connectivity index (χ0n) is 10.8. The maximum absolute atomic E-state index is 10.7. The number of hydrogen-bond donors (Lipinski definition) is 1. The maximum Gasteiger partial charge on any atom is 0.303 e. The minimum absolute atomic E-state index is 0.148. The van der Waals surface area contributed by atoms with Gasteiger partial charge in [0.05, 0.1) is 18.4 Å². The van der Waals surface area contributed by atoms with Crippen LogP contribution in [0.15, 0.2) is 18.2 Å². The highest BCUT2D eigenvalue weighted by Gasteiger charge is 2.26. The van der Waals surface area contributed by atoms with Gasteiger partial charge in [-0.25, -0.2) is 0 Å². The fourth-order valence-corrected chi connectivity index (χ4v) is 2.46. The van der Waals surface area contributed by atoms with Gasteiger partial charge in [-0.15, -0.1) is 0 Å². The molecule has 1 aromatic rings. The Kier molecular flexibility index (Phi) is 3.91. The van der Waals surface area contributed by atoms with Crippen LogP contribution in [0.3, 0.4) is 0 Å². The van der Waals surface area contributed by atoms with E-state index in [0.717, 1.165) is 18.7 Å². The van der Waals surface area contributed by atoms with E-state index in [9.17, 15) is 4.79 Å². The van der Waals surface area contributed by atoms with Crippen LogP contribution in [-0.4, -0.2) is 31.3 Å². The molecule has 1 atom stereocenters. The molecule has 100 valence electrons. The lowest BCUT2D eigenvalue weighted by Crippen LogP contribution is -2.21. The quantitative estimate of drug-likeness (QED) is 0.894. The molecular formula is C14H16N2O3. The van der Waals surface area contributed by atoms with Crippen molar-refractivity contribution in [1.82, 2.24) is 0 Å². The molecule has 1 heterocycles. The summed E-state index contributed by atoms with van der Waals surface area (Å²) in [4.78, 5) is 12.8. The van der Waals surface area contributed by atoms with Gasteiger partial charge in [-0.1, -0.05) is 0 Å². The number of ether oxygens (including phenoxy) is 1. The fourth-order valence-electron chi connectivity index (χ4n) is 2.46. The first-order valence-corrected chi connectivity index (χ1v) is 6.19. The summed E-state index contributed by atoms with van der Waals surface area (Å²) in [6, 6.07) is 7.49. The van der Waals surface area contributed by atoms with E-state index >= 15 is 0 Å². The van der Waals surface area contributed by atoms with E-state index in [2.05, 4.69) is 11.0 Å². The lowest BCUT2D eigenvalue weighted by molar-refractivity contribution is -0.137. The SMILES string of the molecule is COc1ccc(C#N)c(N2CCC(CC(=O)O)C2)c1. The average molecular weight is 260 g/mol. The normalized spacial score (nSPS) is 18.1. The molecule has 0 bridgehead atoms. The third kappa shape index (κ3) is 2.97. The van der Waals surface area contributed by atoms with Crippen LogP contribution < -0.4 is 9.64 Å². The van der Waals surface area contributed by atoms with Gasteiger partial charge in [0.2, 0.25) is 0 Å². The number of benzene rings is 1.